The van der Waals surface area contributed by atoms with E-state index in [-0.39, 0.29) is 18.1 Å². The lowest BCUT2D eigenvalue weighted by Gasteiger charge is -2.36. The molecule has 0 aromatic heterocycles. The summed E-state index contributed by atoms with van der Waals surface area (Å²) in [5.74, 6) is 0.896. The molecule has 1 fully saturated rings. The summed E-state index contributed by atoms with van der Waals surface area (Å²) in [6.07, 6.45) is 0.483. The Kier molecular flexibility index (Phi) is 4.32. The first-order valence-corrected chi connectivity index (χ1v) is 8.83. The first-order chi connectivity index (χ1) is 12.2. The maximum Gasteiger partial charge on any atom is 0.226 e. The number of carbonyl (C=O) groups excluding carboxylic acids is 1. The average Bonchev–Trinajstić information content (AvgIpc) is 2.78. The summed E-state index contributed by atoms with van der Waals surface area (Å²) in [6, 6.07) is 16.3. The maximum absolute atomic E-state index is 12.2. The zero-order valence-electron chi connectivity index (χ0n) is 14.4. The van der Waals surface area contributed by atoms with Gasteiger partial charge in [-0.15, -0.1) is 0 Å². The number of fused-ring (bicyclic) bond motifs is 3. The van der Waals surface area contributed by atoms with Gasteiger partial charge in [-0.05, 0) is 24.6 Å². The van der Waals surface area contributed by atoms with Crippen LogP contribution in [-0.4, -0.2) is 31.6 Å². The molecule has 0 radical (unpaired) electrons. The fourth-order valence-corrected chi connectivity index (χ4v) is 3.60. The Balaban J connectivity index is 1.62. The number of rotatable bonds is 3. The highest BCUT2D eigenvalue weighted by molar-refractivity contribution is 5.97. The molecule has 2 atom stereocenters. The van der Waals surface area contributed by atoms with Gasteiger partial charge in [0.05, 0.1) is 17.4 Å². The molecular weight excluding hydrogens is 314 g/mol. The van der Waals surface area contributed by atoms with Gasteiger partial charge in [0.2, 0.25) is 5.91 Å². The van der Waals surface area contributed by atoms with E-state index in [1.54, 1.807) is 0 Å². The van der Waals surface area contributed by atoms with Crippen molar-refractivity contribution in [2.75, 3.05) is 29.9 Å². The second-order valence-electron chi connectivity index (χ2n) is 6.65. The molecule has 2 aliphatic heterocycles. The number of hydrogen-bond donors (Lipinski definition) is 2. The summed E-state index contributed by atoms with van der Waals surface area (Å²) >= 11 is 0. The molecule has 0 spiro atoms. The summed E-state index contributed by atoms with van der Waals surface area (Å²) in [4.78, 5) is 14.5. The number of benzene rings is 2. The Morgan fingerprint density at radius 3 is 2.88 bits per heavy atom. The fraction of sp³-hybridized carbons (Fsp3) is 0.350. The van der Waals surface area contributed by atoms with E-state index in [0.717, 1.165) is 42.3 Å². The molecule has 1 saturated heterocycles. The third-order valence-corrected chi connectivity index (χ3v) is 4.91. The largest absolute Gasteiger partial charge is 0.486 e. The molecule has 4 rings (SSSR count). The highest BCUT2D eigenvalue weighted by Crippen LogP contribution is 2.36. The van der Waals surface area contributed by atoms with Crippen LogP contribution in [0.25, 0.3) is 0 Å². The van der Waals surface area contributed by atoms with Crippen molar-refractivity contribution in [2.24, 2.45) is 0 Å². The Morgan fingerprint density at radius 1 is 1.20 bits per heavy atom. The van der Waals surface area contributed by atoms with E-state index >= 15 is 0 Å². The molecule has 0 bridgehead atoms. The normalized spacial score (nSPS) is 20.8. The number of nitrogens with zero attached hydrogens (tertiary/aromatic N) is 1. The van der Waals surface area contributed by atoms with Crippen molar-refractivity contribution in [1.82, 2.24) is 5.32 Å². The summed E-state index contributed by atoms with van der Waals surface area (Å²) < 4.78 is 6.16. The van der Waals surface area contributed by atoms with Gasteiger partial charge >= 0.3 is 0 Å². The Morgan fingerprint density at radius 2 is 2.04 bits per heavy atom. The molecule has 5 heteroatoms. The number of nitrogens with one attached hydrogen (secondary N) is 2. The summed E-state index contributed by atoms with van der Waals surface area (Å²) in [7, 11) is 0. The Bertz CT molecular complexity index is 763. The first kappa shape index (κ1) is 16.0. The van der Waals surface area contributed by atoms with Crippen molar-refractivity contribution in [2.45, 2.75) is 25.5 Å². The quantitative estimate of drug-likeness (QED) is 0.904. The summed E-state index contributed by atoms with van der Waals surface area (Å²) in [6.45, 7) is 4.70. The number of carbonyl (C=O) groups is 1. The van der Waals surface area contributed by atoms with Crippen molar-refractivity contribution in [3.05, 3.63) is 54.1 Å². The van der Waals surface area contributed by atoms with E-state index in [4.69, 9.17) is 4.74 Å². The number of amides is 1. The van der Waals surface area contributed by atoms with Gasteiger partial charge in [0.25, 0.3) is 0 Å². The van der Waals surface area contributed by atoms with E-state index in [2.05, 4.69) is 40.7 Å². The van der Waals surface area contributed by atoms with E-state index < -0.39 is 0 Å². The van der Waals surface area contributed by atoms with Crippen LogP contribution in [0.3, 0.4) is 0 Å². The highest BCUT2D eigenvalue weighted by Gasteiger charge is 2.30. The number of ether oxygens (including phenoxy) is 1. The highest BCUT2D eigenvalue weighted by atomic mass is 16.5. The minimum atomic E-state index is -0.0292. The Labute approximate surface area is 148 Å². The van der Waals surface area contributed by atoms with E-state index in [9.17, 15) is 4.79 Å². The molecule has 25 heavy (non-hydrogen) atoms. The lowest BCUT2D eigenvalue weighted by atomic mass is 10.1. The molecule has 0 aliphatic carbocycles. The van der Waals surface area contributed by atoms with Crippen molar-refractivity contribution in [1.29, 1.82) is 0 Å². The number of anilines is 2. The van der Waals surface area contributed by atoms with Gasteiger partial charge in [0.15, 0.2) is 0 Å². The van der Waals surface area contributed by atoms with Crippen LogP contribution in [-0.2, 0) is 4.79 Å². The van der Waals surface area contributed by atoms with Gasteiger partial charge in [-0.2, -0.15) is 0 Å². The van der Waals surface area contributed by atoms with Gasteiger partial charge in [-0.1, -0.05) is 30.3 Å². The van der Waals surface area contributed by atoms with Crippen LogP contribution in [0.2, 0.25) is 0 Å². The second-order valence-corrected chi connectivity index (χ2v) is 6.65. The van der Waals surface area contributed by atoms with E-state index in [0.29, 0.717) is 6.42 Å². The monoisotopic (exact) mass is 337 g/mol. The van der Waals surface area contributed by atoms with Crippen LogP contribution < -0.4 is 20.3 Å². The lowest BCUT2D eigenvalue weighted by molar-refractivity contribution is -0.116. The van der Waals surface area contributed by atoms with Crippen molar-refractivity contribution in [3.8, 4) is 5.75 Å². The molecule has 0 saturated carbocycles. The SMILES string of the molecule is C[C@H](Oc1ccc2c(c1)N1CCNCC1CC(=O)N2)c1ccccc1. The summed E-state index contributed by atoms with van der Waals surface area (Å²) in [5, 5.41) is 6.41. The van der Waals surface area contributed by atoms with Crippen LogP contribution in [0.15, 0.2) is 48.5 Å². The zero-order chi connectivity index (χ0) is 17.2. The molecule has 2 heterocycles. The predicted molar refractivity (Wildman–Crippen MR) is 99.2 cm³/mol. The standard InChI is InChI=1S/C20H23N3O2/c1-14(15-5-3-2-4-6-15)25-17-7-8-18-19(12-17)23-10-9-21-13-16(23)11-20(24)22-18/h2-8,12,14,16,21H,9-11,13H2,1H3,(H,22,24)/t14-,16?/m0/s1. The van der Waals surface area contributed by atoms with Crippen molar-refractivity contribution in [3.63, 3.8) is 0 Å². The number of piperazine rings is 1. The zero-order valence-corrected chi connectivity index (χ0v) is 14.4. The molecule has 2 aromatic rings. The van der Waals surface area contributed by atoms with Crippen LogP contribution in [0, 0.1) is 0 Å². The fourth-order valence-electron chi connectivity index (χ4n) is 3.60. The predicted octanol–water partition coefficient (Wildman–Crippen LogP) is 2.95. The Hall–Kier alpha value is -2.53. The molecule has 130 valence electrons. The molecular formula is C20H23N3O2. The summed E-state index contributed by atoms with van der Waals surface area (Å²) in [5.41, 5.74) is 3.06. The molecule has 2 aliphatic rings. The van der Waals surface area contributed by atoms with Gasteiger partial charge in [0, 0.05) is 32.1 Å². The maximum atomic E-state index is 12.2. The first-order valence-electron chi connectivity index (χ1n) is 8.83. The van der Waals surface area contributed by atoms with Crippen molar-refractivity contribution < 1.29 is 9.53 Å². The minimum absolute atomic E-state index is 0.0292. The molecule has 2 N–H and O–H groups in total. The van der Waals surface area contributed by atoms with E-state index in [1.165, 1.54) is 0 Å². The molecule has 1 amide bonds. The average molecular weight is 337 g/mol. The van der Waals surface area contributed by atoms with Gasteiger partial charge < -0.3 is 20.3 Å². The lowest BCUT2D eigenvalue weighted by Crippen LogP contribution is -2.51. The molecule has 5 nitrogen and oxygen atoms in total. The smallest absolute Gasteiger partial charge is 0.226 e. The minimum Gasteiger partial charge on any atom is -0.486 e. The molecule has 1 unspecified atom stereocenters. The van der Waals surface area contributed by atoms with Gasteiger partial charge in [0.1, 0.15) is 11.9 Å². The van der Waals surface area contributed by atoms with Crippen LogP contribution in [0.1, 0.15) is 25.0 Å². The topological polar surface area (TPSA) is 53.6 Å². The van der Waals surface area contributed by atoms with Gasteiger partial charge in [-0.25, -0.2) is 0 Å². The van der Waals surface area contributed by atoms with E-state index in [1.807, 2.05) is 30.3 Å². The second kappa shape index (κ2) is 6.76. The van der Waals surface area contributed by atoms with Crippen molar-refractivity contribution >= 4 is 17.3 Å². The van der Waals surface area contributed by atoms with Crippen LogP contribution in [0.4, 0.5) is 11.4 Å². The number of hydrogen-bond acceptors (Lipinski definition) is 4. The van der Waals surface area contributed by atoms with Crippen LogP contribution in [0.5, 0.6) is 5.75 Å². The third-order valence-electron chi connectivity index (χ3n) is 4.91. The third kappa shape index (κ3) is 3.33. The van der Waals surface area contributed by atoms with Crippen LogP contribution >= 0.6 is 0 Å². The molecule has 2 aromatic carbocycles. The van der Waals surface area contributed by atoms with Gasteiger partial charge in [-0.3, -0.25) is 4.79 Å².